The summed E-state index contributed by atoms with van der Waals surface area (Å²) in [6.07, 6.45) is 8.32. The molecule has 2 N–H and O–H groups in total. The molecular weight excluding hydrogens is 386 g/mol. The molecular formula is C23H38ClN3O2. The molecule has 6 heteroatoms. The summed E-state index contributed by atoms with van der Waals surface area (Å²) in [5.74, 6) is 0.734. The van der Waals surface area contributed by atoms with Gasteiger partial charge in [-0.15, -0.1) is 0 Å². The van der Waals surface area contributed by atoms with Crippen molar-refractivity contribution in [2.45, 2.75) is 64.0 Å². The monoisotopic (exact) mass is 423 g/mol. The van der Waals surface area contributed by atoms with E-state index in [1.54, 1.807) is 4.90 Å². The lowest BCUT2D eigenvalue weighted by atomic mass is 9.85. The minimum Gasteiger partial charge on any atom is -0.374 e. The summed E-state index contributed by atoms with van der Waals surface area (Å²) >= 11 is 6.13. The van der Waals surface area contributed by atoms with Crippen molar-refractivity contribution in [1.82, 2.24) is 15.5 Å². The minimum absolute atomic E-state index is 0.0117. The lowest BCUT2D eigenvalue weighted by Gasteiger charge is -2.29. The van der Waals surface area contributed by atoms with E-state index >= 15 is 0 Å². The second-order valence-corrected chi connectivity index (χ2v) is 8.59. The molecule has 29 heavy (non-hydrogen) atoms. The highest BCUT2D eigenvalue weighted by Gasteiger charge is 2.22. The van der Waals surface area contributed by atoms with E-state index < -0.39 is 0 Å². The van der Waals surface area contributed by atoms with E-state index in [2.05, 4.69) is 10.6 Å². The highest BCUT2D eigenvalue weighted by molar-refractivity contribution is 6.30. The van der Waals surface area contributed by atoms with Crippen molar-refractivity contribution in [2.24, 2.45) is 5.92 Å². The van der Waals surface area contributed by atoms with Crippen molar-refractivity contribution >= 4 is 17.6 Å². The summed E-state index contributed by atoms with van der Waals surface area (Å²) in [5.41, 5.74) is 1.05. The zero-order valence-electron chi connectivity index (χ0n) is 18.3. The van der Waals surface area contributed by atoms with Gasteiger partial charge in [0.25, 0.3) is 0 Å². The van der Waals surface area contributed by atoms with Crippen LogP contribution in [-0.2, 0) is 4.74 Å². The van der Waals surface area contributed by atoms with Gasteiger partial charge in [-0.2, -0.15) is 0 Å². The van der Waals surface area contributed by atoms with Crippen LogP contribution in [0.2, 0.25) is 5.02 Å². The van der Waals surface area contributed by atoms with Crippen LogP contribution in [0.5, 0.6) is 0 Å². The number of amides is 2. The van der Waals surface area contributed by atoms with Gasteiger partial charge in [-0.3, -0.25) is 0 Å². The maximum atomic E-state index is 12.8. The third-order valence-electron chi connectivity index (χ3n) is 5.78. The summed E-state index contributed by atoms with van der Waals surface area (Å²) in [6, 6.07) is 7.93. The van der Waals surface area contributed by atoms with E-state index in [0.29, 0.717) is 18.2 Å². The Hall–Kier alpha value is -1.30. The van der Waals surface area contributed by atoms with Crippen molar-refractivity contribution in [2.75, 3.05) is 33.8 Å². The van der Waals surface area contributed by atoms with Crippen molar-refractivity contribution in [1.29, 1.82) is 0 Å². The van der Waals surface area contributed by atoms with Crippen molar-refractivity contribution in [3.05, 3.63) is 34.9 Å². The maximum Gasteiger partial charge on any atom is 0.317 e. The van der Waals surface area contributed by atoms with E-state index in [1.165, 1.54) is 32.1 Å². The Morgan fingerprint density at radius 1 is 1.31 bits per heavy atom. The van der Waals surface area contributed by atoms with Crippen LogP contribution >= 0.6 is 11.6 Å². The number of urea groups is 1. The third-order valence-corrected chi connectivity index (χ3v) is 6.02. The molecule has 1 aliphatic rings. The fraction of sp³-hybridized carbons (Fsp3) is 0.696. The molecule has 2 rings (SSSR count). The summed E-state index contributed by atoms with van der Waals surface area (Å²) in [7, 11) is 3.80. The quantitative estimate of drug-likeness (QED) is 0.526. The molecule has 1 aromatic carbocycles. The molecule has 1 aliphatic carbocycles. The Bertz CT molecular complexity index is 608. The smallest absolute Gasteiger partial charge is 0.317 e. The average molecular weight is 424 g/mol. The highest BCUT2D eigenvalue weighted by Crippen LogP contribution is 2.27. The molecule has 5 nitrogen and oxygen atoms in total. The van der Waals surface area contributed by atoms with E-state index in [0.717, 1.165) is 30.9 Å². The van der Waals surface area contributed by atoms with Crippen LogP contribution in [0.3, 0.4) is 0 Å². The molecule has 0 spiro atoms. The molecule has 2 amide bonds. The van der Waals surface area contributed by atoms with Crippen molar-refractivity contribution in [3.8, 4) is 0 Å². The van der Waals surface area contributed by atoms with Crippen molar-refractivity contribution in [3.63, 3.8) is 0 Å². The van der Waals surface area contributed by atoms with E-state index in [9.17, 15) is 4.79 Å². The standard InChI is InChI=1S/C23H38ClN3O2/c1-4-29-22(19-11-8-12-20(24)16-19)13-14-27(3)23(28)26-21(17-25-2)15-18-9-6-5-7-10-18/h8,11-12,16,18,21-22,25H,4-7,9-10,13-15,17H2,1-3H3,(H,26,28)/t21-,22+/m0/s1. The zero-order valence-corrected chi connectivity index (χ0v) is 19.0. The number of likely N-dealkylation sites (N-methyl/N-ethyl adjacent to an activating group) is 1. The largest absolute Gasteiger partial charge is 0.374 e. The lowest BCUT2D eigenvalue weighted by Crippen LogP contribution is -2.48. The SMILES string of the molecule is CCO[C@H](CCN(C)C(=O)N[C@H](CNC)CC1CCCCC1)c1cccc(Cl)c1. The van der Waals surface area contributed by atoms with Crippen LogP contribution in [-0.4, -0.2) is 50.8 Å². The average Bonchev–Trinajstić information content (AvgIpc) is 2.71. The minimum atomic E-state index is -0.0655. The van der Waals surface area contributed by atoms with E-state index in [-0.39, 0.29) is 18.2 Å². The van der Waals surface area contributed by atoms with Gasteiger partial charge in [-0.1, -0.05) is 55.8 Å². The molecule has 0 saturated heterocycles. The number of carbonyl (C=O) groups is 1. The summed E-state index contributed by atoms with van der Waals surface area (Å²) in [5, 5.41) is 7.17. The summed E-state index contributed by atoms with van der Waals surface area (Å²) in [6.45, 7) is 4.04. The molecule has 0 bridgehead atoms. The van der Waals surface area contributed by atoms with Crippen LogP contribution in [0.1, 0.15) is 63.5 Å². The normalized spacial score (nSPS) is 17.0. The Morgan fingerprint density at radius 3 is 2.72 bits per heavy atom. The van der Waals surface area contributed by atoms with Gasteiger partial charge in [-0.25, -0.2) is 4.79 Å². The summed E-state index contributed by atoms with van der Waals surface area (Å²) < 4.78 is 5.91. The zero-order chi connectivity index (χ0) is 21.1. The van der Waals surface area contributed by atoms with Crippen LogP contribution in [0, 0.1) is 5.92 Å². The third kappa shape index (κ3) is 8.53. The first-order valence-electron chi connectivity index (χ1n) is 11.1. The Morgan fingerprint density at radius 2 is 2.07 bits per heavy atom. The number of nitrogens with zero attached hydrogens (tertiary/aromatic N) is 1. The number of nitrogens with one attached hydrogen (secondary N) is 2. The van der Waals surface area contributed by atoms with Crippen LogP contribution in [0.4, 0.5) is 4.79 Å². The van der Waals surface area contributed by atoms with Gasteiger partial charge in [0.15, 0.2) is 0 Å². The Labute approximate surface area is 181 Å². The van der Waals surface area contributed by atoms with Gasteiger partial charge in [0.05, 0.1) is 6.10 Å². The Kier molecular flexibility index (Phi) is 10.8. The molecule has 164 valence electrons. The highest BCUT2D eigenvalue weighted by atomic mass is 35.5. The summed E-state index contributed by atoms with van der Waals surface area (Å²) in [4.78, 5) is 14.5. The topological polar surface area (TPSA) is 53.6 Å². The molecule has 0 radical (unpaired) electrons. The van der Waals surface area contributed by atoms with Crippen LogP contribution in [0.25, 0.3) is 0 Å². The predicted octanol–water partition coefficient (Wildman–Crippen LogP) is 5.01. The number of benzene rings is 1. The first-order valence-corrected chi connectivity index (χ1v) is 11.4. The molecule has 1 fully saturated rings. The van der Waals surface area contributed by atoms with E-state index in [1.807, 2.05) is 45.3 Å². The van der Waals surface area contributed by atoms with E-state index in [4.69, 9.17) is 16.3 Å². The fourth-order valence-corrected chi connectivity index (χ4v) is 4.42. The van der Waals surface area contributed by atoms with Gasteiger partial charge in [0.2, 0.25) is 0 Å². The Balaban J connectivity index is 1.86. The maximum absolute atomic E-state index is 12.8. The number of ether oxygens (including phenoxy) is 1. The number of hydrogen-bond acceptors (Lipinski definition) is 3. The number of rotatable bonds is 11. The molecule has 0 aliphatic heterocycles. The number of hydrogen-bond donors (Lipinski definition) is 2. The second kappa shape index (κ2) is 13.1. The molecule has 0 heterocycles. The van der Waals surface area contributed by atoms with Crippen LogP contribution < -0.4 is 10.6 Å². The predicted molar refractivity (Wildman–Crippen MR) is 121 cm³/mol. The van der Waals surface area contributed by atoms with Gasteiger partial charge in [0.1, 0.15) is 0 Å². The second-order valence-electron chi connectivity index (χ2n) is 8.15. The fourth-order valence-electron chi connectivity index (χ4n) is 4.22. The van der Waals surface area contributed by atoms with Gasteiger partial charge in [-0.05, 0) is 50.4 Å². The molecule has 0 aromatic heterocycles. The van der Waals surface area contributed by atoms with Crippen LogP contribution in [0.15, 0.2) is 24.3 Å². The molecule has 1 saturated carbocycles. The van der Waals surface area contributed by atoms with Crippen molar-refractivity contribution < 1.29 is 9.53 Å². The number of halogens is 1. The molecule has 0 unspecified atom stereocenters. The lowest BCUT2D eigenvalue weighted by molar-refractivity contribution is 0.0514. The van der Waals surface area contributed by atoms with Gasteiger partial charge in [0, 0.05) is 37.8 Å². The number of carbonyl (C=O) groups excluding carboxylic acids is 1. The first kappa shape index (κ1) is 24.0. The molecule has 2 atom stereocenters. The van der Waals surface area contributed by atoms with Gasteiger partial charge < -0.3 is 20.3 Å². The van der Waals surface area contributed by atoms with Gasteiger partial charge >= 0.3 is 6.03 Å². The first-order chi connectivity index (χ1) is 14.0. The molecule has 1 aromatic rings.